The van der Waals surface area contributed by atoms with Crippen LogP contribution in [0, 0.1) is 0 Å². The molecule has 0 heterocycles. The summed E-state index contributed by atoms with van der Waals surface area (Å²) in [6.07, 6.45) is 0. The van der Waals surface area contributed by atoms with Gasteiger partial charge in [-0.2, -0.15) is 0 Å². The van der Waals surface area contributed by atoms with Crippen molar-refractivity contribution < 1.29 is 19.5 Å². The maximum atomic E-state index is 4.98. The summed E-state index contributed by atoms with van der Waals surface area (Å²) in [7, 11) is 0. The van der Waals surface area contributed by atoms with Gasteiger partial charge in [0.2, 0.25) is 0 Å². The predicted octanol–water partition coefficient (Wildman–Crippen LogP) is 6.39. The van der Waals surface area contributed by atoms with Crippen LogP contribution in [0.1, 0.15) is 34.3 Å². The fourth-order valence-electron chi connectivity index (χ4n) is 3.54. The van der Waals surface area contributed by atoms with Crippen LogP contribution in [-0.4, -0.2) is 8.64 Å². The normalized spacial score (nSPS) is 9.89. The van der Waals surface area contributed by atoms with E-state index in [9.17, 15) is 0 Å². The maximum Gasteiger partial charge on any atom is 2.00 e. The Bertz CT molecular complexity index is 987. The molecule has 0 spiro atoms. The minimum absolute atomic E-state index is 0. The Morgan fingerprint density at radius 3 is 0.829 bits per heavy atom. The van der Waals surface area contributed by atoms with Gasteiger partial charge in [-0.05, 0) is 22.3 Å². The van der Waals surface area contributed by atoms with Crippen molar-refractivity contribution in [3.8, 4) is 0 Å². The van der Waals surface area contributed by atoms with Gasteiger partial charge in [0.05, 0.1) is 12.1 Å². The first kappa shape index (κ1) is 29.0. The zero-order valence-electron chi connectivity index (χ0n) is 19.0. The van der Waals surface area contributed by atoms with Crippen molar-refractivity contribution in [1.29, 1.82) is 0 Å². The van der Waals surface area contributed by atoms with Crippen LogP contribution in [-0.2, 0) is 44.7 Å². The maximum absolute atomic E-state index is 4.98. The van der Waals surface area contributed by atoms with Gasteiger partial charge >= 0.3 is 19.5 Å². The first-order valence-electron chi connectivity index (χ1n) is 10.7. The second-order valence-electron chi connectivity index (χ2n) is 7.37. The van der Waals surface area contributed by atoms with Crippen molar-refractivity contribution in [1.82, 2.24) is 10.6 Å². The number of benzene rings is 4. The van der Waals surface area contributed by atoms with Crippen LogP contribution >= 0.6 is 24.4 Å². The minimum atomic E-state index is 0. The third kappa shape index (κ3) is 9.71. The molecule has 172 valence electrons. The van der Waals surface area contributed by atoms with E-state index in [4.69, 9.17) is 49.7 Å². The summed E-state index contributed by atoms with van der Waals surface area (Å²) in [4.78, 5) is 0. The molecule has 0 atom stereocenters. The van der Waals surface area contributed by atoms with Gasteiger partial charge in [-0.25, -0.2) is 0 Å². The molecular weight excluding hydrogens is 558 g/mol. The van der Waals surface area contributed by atoms with Crippen molar-refractivity contribution in [3.63, 3.8) is 0 Å². The zero-order valence-corrected chi connectivity index (χ0v) is 25.3. The molecule has 2 N–H and O–H groups in total. The molecule has 4 rings (SSSR count). The molecule has 0 aliphatic heterocycles. The van der Waals surface area contributed by atoms with E-state index in [1.165, 1.54) is 0 Å². The van der Waals surface area contributed by atoms with Crippen molar-refractivity contribution in [2.24, 2.45) is 0 Å². The fraction of sp³-hybridized carbons (Fsp3) is 0.0714. The number of hydrogen-bond acceptors (Lipinski definition) is 4. The molecule has 4 aromatic carbocycles. The van der Waals surface area contributed by atoms with Gasteiger partial charge in [0.1, 0.15) is 0 Å². The summed E-state index contributed by atoms with van der Waals surface area (Å²) in [5.74, 6) is 0. The quantitative estimate of drug-likeness (QED) is 0.155. The monoisotopic (exact) mass is 580 g/mol. The molecule has 0 aliphatic carbocycles. The Morgan fingerprint density at radius 1 is 0.457 bits per heavy atom. The van der Waals surface area contributed by atoms with Crippen LogP contribution in [0.15, 0.2) is 121 Å². The van der Waals surface area contributed by atoms with E-state index in [1.54, 1.807) is 0 Å². The molecule has 0 bridgehead atoms. The number of nitrogens with one attached hydrogen (secondary N) is 2. The Labute approximate surface area is 242 Å². The zero-order chi connectivity index (χ0) is 24.2. The smallest absolute Gasteiger partial charge is 0.412 e. The molecule has 0 saturated heterocycles. The second-order valence-corrected chi connectivity index (χ2v) is 9.52. The minimum Gasteiger partial charge on any atom is -0.412 e. The standard InChI is InChI=1S/2C14H13NS2.Zn/c2*16-14(17)15-13(11-7-3-1-4-8-11)12-9-5-2-6-10-12;/h2*1-10,13H,(H2,15,16,17);/q;;+2/p-2. The number of hydrogen-bond donors (Lipinski definition) is 2. The van der Waals surface area contributed by atoms with E-state index in [0.717, 1.165) is 22.3 Å². The van der Waals surface area contributed by atoms with Crippen LogP contribution in [0.2, 0.25) is 0 Å². The molecule has 0 saturated carbocycles. The molecule has 4 aromatic rings. The van der Waals surface area contributed by atoms with Crippen LogP contribution < -0.4 is 10.6 Å². The summed E-state index contributed by atoms with van der Waals surface area (Å²) in [5.41, 5.74) is 4.63. The molecule has 0 amide bonds. The fourth-order valence-corrected chi connectivity index (χ4v) is 4.01. The SMILES string of the molecule is S=C([S-])NC(c1ccccc1)c1ccccc1.S=C([S-])NC(c1ccccc1)c1ccccc1.[Zn+2]. The summed E-state index contributed by atoms with van der Waals surface area (Å²) < 4.78 is 0.783. The topological polar surface area (TPSA) is 24.1 Å². The molecule has 0 aromatic heterocycles. The first-order valence-corrected chi connectivity index (χ1v) is 12.3. The van der Waals surface area contributed by atoms with E-state index in [-0.39, 0.29) is 31.6 Å². The van der Waals surface area contributed by atoms with Gasteiger partial charge in [0, 0.05) is 0 Å². The molecule has 7 heteroatoms. The average Bonchev–Trinajstić information content (AvgIpc) is 2.88. The Hall–Kier alpha value is -2.28. The van der Waals surface area contributed by atoms with E-state index in [1.807, 2.05) is 72.8 Å². The largest absolute Gasteiger partial charge is 2.00 e. The van der Waals surface area contributed by atoms with Crippen molar-refractivity contribution >= 4 is 58.3 Å². The van der Waals surface area contributed by atoms with Crippen LogP contribution in [0.4, 0.5) is 0 Å². The number of thiocarbonyl (C=S) groups is 2. The summed E-state index contributed by atoms with van der Waals surface area (Å²) >= 11 is 19.9. The van der Waals surface area contributed by atoms with Gasteiger partial charge in [0.25, 0.3) is 0 Å². The third-order valence-electron chi connectivity index (χ3n) is 5.06. The van der Waals surface area contributed by atoms with Crippen molar-refractivity contribution in [2.45, 2.75) is 12.1 Å². The van der Waals surface area contributed by atoms with Gasteiger partial charge < -0.3 is 60.3 Å². The van der Waals surface area contributed by atoms with Crippen LogP contribution in [0.25, 0.3) is 0 Å². The molecule has 0 aliphatic rings. The second kappa shape index (κ2) is 15.7. The molecule has 0 unspecified atom stereocenters. The van der Waals surface area contributed by atoms with Crippen molar-refractivity contribution in [3.05, 3.63) is 144 Å². The van der Waals surface area contributed by atoms with Gasteiger partial charge in [-0.1, -0.05) is 130 Å². The predicted molar refractivity (Wildman–Crippen MR) is 156 cm³/mol. The third-order valence-corrected chi connectivity index (χ3v) is 5.53. The summed E-state index contributed by atoms with van der Waals surface area (Å²) in [6, 6.07) is 40.7. The Morgan fingerprint density at radius 2 is 0.657 bits per heavy atom. The summed E-state index contributed by atoms with van der Waals surface area (Å²) in [5, 5.41) is 6.32. The Kier molecular flexibility index (Phi) is 13.0. The van der Waals surface area contributed by atoms with Gasteiger partial charge in [0.15, 0.2) is 0 Å². The summed E-state index contributed by atoms with van der Waals surface area (Å²) in [6.45, 7) is 0. The van der Waals surface area contributed by atoms with E-state index < -0.39 is 0 Å². The van der Waals surface area contributed by atoms with Gasteiger partial charge in [-0.3, -0.25) is 0 Å². The molecular formula is C28H24N2S4Zn. The first-order chi connectivity index (χ1) is 16.5. The van der Waals surface area contributed by atoms with Crippen LogP contribution in [0.3, 0.4) is 0 Å². The average molecular weight is 582 g/mol. The molecule has 35 heavy (non-hydrogen) atoms. The molecule has 0 fully saturated rings. The number of rotatable bonds is 6. The van der Waals surface area contributed by atoms with Crippen molar-refractivity contribution in [2.75, 3.05) is 0 Å². The Balaban J connectivity index is 0.000000240. The van der Waals surface area contributed by atoms with E-state index in [2.05, 4.69) is 59.2 Å². The molecule has 2 nitrogen and oxygen atoms in total. The van der Waals surface area contributed by atoms with E-state index in [0.29, 0.717) is 8.64 Å². The van der Waals surface area contributed by atoms with E-state index >= 15 is 0 Å². The molecule has 0 radical (unpaired) electrons. The van der Waals surface area contributed by atoms with Gasteiger partial charge in [-0.15, -0.1) is 0 Å². The van der Waals surface area contributed by atoms with Crippen LogP contribution in [0.5, 0.6) is 0 Å².